The standard InChI is InChI=1S/C15H12N4O3/c16-15(22)14-11-6-9(10-2-1-5-17-7-10)3-4-12(11)19(18-14)8-13(20)21/h1-7H,8H2,(H2,16,22)(H,20,21). The number of rotatable bonds is 4. The normalized spacial score (nSPS) is 10.7. The summed E-state index contributed by atoms with van der Waals surface area (Å²) in [5.74, 6) is -1.74. The second-order valence-electron chi connectivity index (χ2n) is 4.74. The van der Waals surface area contributed by atoms with Gasteiger partial charge in [0.25, 0.3) is 5.91 Å². The number of benzene rings is 1. The van der Waals surface area contributed by atoms with Crippen LogP contribution in [0.15, 0.2) is 42.7 Å². The minimum Gasteiger partial charge on any atom is -0.480 e. The van der Waals surface area contributed by atoms with Crippen LogP contribution in [0.2, 0.25) is 0 Å². The van der Waals surface area contributed by atoms with Crippen molar-refractivity contribution in [3.05, 3.63) is 48.4 Å². The number of primary amides is 1. The molecule has 3 rings (SSSR count). The lowest BCUT2D eigenvalue weighted by Crippen LogP contribution is -2.14. The maximum atomic E-state index is 11.5. The molecule has 0 spiro atoms. The fourth-order valence-electron chi connectivity index (χ4n) is 2.32. The SMILES string of the molecule is NC(=O)c1nn(CC(=O)O)c2ccc(-c3cccnc3)cc12. The van der Waals surface area contributed by atoms with Crippen molar-refractivity contribution in [3.8, 4) is 11.1 Å². The van der Waals surface area contributed by atoms with Gasteiger partial charge in [-0.1, -0.05) is 12.1 Å². The van der Waals surface area contributed by atoms with Crippen LogP contribution in [0.3, 0.4) is 0 Å². The van der Waals surface area contributed by atoms with Crippen molar-refractivity contribution in [2.75, 3.05) is 0 Å². The molecule has 7 nitrogen and oxygen atoms in total. The van der Waals surface area contributed by atoms with E-state index in [2.05, 4.69) is 10.1 Å². The fourth-order valence-corrected chi connectivity index (χ4v) is 2.32. The van der Waals surface area contributed by atoms with Crippen LogP contribution in [0, 0.1) is 0 Å². The summed E-state index contributed by atoms with van der Waals surface area (Å²) in [6.45, 7) is -0.337. The number of fused-ring (bicyclic) bond motifs is 1. The molecule has 2 aromatic heterocycles. The third-order valence-corrected chi connectivity index (χ3v) is 3.26. The Labute approximate surface area is 125 Å². The van der Waals surface area contributed by atoms with E-state index in [0.29, 0.717) is 10.9 Å². The van der Waals surface area contributed by atoms with Crippen molar-refractivity contribution >= 4 is 22.8 Å². The molecule has 110 valence electrons. The summed E-state index contributed by atoms with van der Waals surface area (Å²) in [7, 11) is 0. The van der Waals surface area contributed by atoms with E-state index >= 15 is 0 Å². The van der Waals surface area contributed by atoms with E-state index in [-0.39, 0.29) is 12.2 Å². The van der Waals surface area contributed by atoms with Gasteiger partial charge in [0.1, 0.15) is 6.54 Å². The summed E-state index contributed by atoms with van der Waals surface area (Å²) < 4.78 is 1.25. The average molecular weight is 296 g/mol. The Kier molecular flexibility index (Phi) is 3.30. The highest BCUT2D eigenvalue weighted by Gasteiger charge is 2.17. The van der Waals surface area contributed by atoms with Gasteiger partial charge in [-0.2, -0.15) is 5.10 Å². The first kappa shape index (κ1) is 13.7. The first-order chi connectivity index (χ1) is 10.6. The van der Waals surface area contributed by atoms with Gasteiger partial charge in [0.15, 0.2) is 5.69 Å². The van der Waals surface area contributed by atoms with Crippen molar-refractivity contribution in [3.63, 3.8) is 0 Å². The Morgan fingerprint density at radius 1 is 1.23 bits per heavy atom. The Morgan fingerprint density at radius 2 is 2.05 bits per heavy atom. The molecule has 22 heavy (non-hydrogen) atoms. The third kappa shape index (κ3) is 2.39. The monoisotopic (exact) mass is 296 g/mol. The number of nitrogens with zero attached hydrogens (tertiary/aromatic N) is 3. The third-order valence-electron chi connectivity index (χ3n) is 3.26. The van der Waals surface area contributed by atoms with Gasteiger partial charge in [0, 0.05) is 23.3 Å². The highest BCUT2D eigenvalue weighted by Crippen LogP contribution is 2.26. The molecule has 0 fully saturated rings. The molecule has 0 aliphatic rings. The highest BCUT2D eigenvalue weighted by atomic mass is 16.4. The molecule has 0 saturated heterocycles. The van der Waals surface area contributed by atoms with Gasteiger partial charge in [-0.05, 0) is 23.8 Å². The molecular formula is C15H12N4O3. The maximum Gasteiger partial charge on any atom is 0.325 e. The molecular weight excluding hydrogens is 284 g/mol. The molecule has 0 aliphatic carbocycles. The van der Waals surface area contributed by atoms with E-state index in [9.17, 15) is 9.59 Å². The zero-order valence-electron chi connectivity index (χ0n) is 11.4. The number of hydrogen-bond acceptors (Lipinski definition) is 4. The van der Waals surface area contributed by atoms with Crippen LogP contribution in [0.4, 0.5) is 0 Å². The van der Waals surface area contributed by atoms with Crippen LogP contribution in [0.1, 0.15) is 10.5 Å². The van der Waals surface area contributed by atoms with Gasteiger partial charge < -0.3 is 10.8 Å². The first-order valence-corrected chi connectivity index (χ1v) is 6.49. The molecule has 3 aromatic rings. The van der Waals surface area contributed by atoms with Gasteiger partial charge in [0.05, 0.1) is 5.52 Å². The lowest BCUT2D eigenvalue weighted by Gasteiger charge is -2.02. The zero-order valence-corrected chi connectivity index (χ0v) is 11.4. The number of hydrogen-bond donors (Lipinski definition) is 2. The number of carboxylic acids is 1. The molecule has 0 atom stereocenters. The number of carboxylic acid groups (broad SMARTS) is 1. The lowest BCUT2D eigenvalue weighted by atomic mass is 10.0. The molecule has 0 saturated carbocycles. The Bertz CT molecular complexity index is 871. The van der Waals surface area contributed by atoms with Crippen molar-refractivity contribution < 1.29 is 14.7 Å². The zero-order chi connectivity index (χ0) is 15.7. The summed E-state index contributed by atoms with van der Waals surface area (Å²) in [5.41, 5.74) is 7.67. The molecule has 1 amide bonds. The van der Waals surface area contributed by atoms with Crippen LogP contribution in [-0.4, -0.2) is 31.7 Å². The minimum atomic E-state index is -1.04. The predicted molar refractivity (Wildman–Crippen MR) is 79.1 cm³/mol. The van der Waals surface area contributed by atoms with E-state index < -0.39 is 11.9 Å². The number of aromatic nitrogens is 3. The number of carbonyl (C=O) groups excluding carboxylic acids is 1. The molecule has 0 bridgehead atoms. The molecule has 2 heterocycles. The van der Waals surface area contributed by atoms with Gasteiger partial charge >= 0.3 is 5.97 Å². The lowest BCUT2D eigenvalue weighted by molar-refractivity contribution is -0.137. The van der Waals surface area contributed by atoms with Crippen molar-refractivity contribution in [1.82, 2.24) is 14.8 Å². The number of aliphatic carboxylic acids is 1. The molecule has 1 aromatic carbocycles. The van der Waals surface area contributed by atoms with E-state index in [0.717, 1.165) is 11.1 Å². The molecule has 7 heteroatoms. The Morgan fingerprint density at radius 3 is 2.68 bits per heavy atom. The topological polar surface area (TPSA) is 111 Å². The van der Waals surface area contributed by atoms with Crippen LogP contribution in [-0.2, 0) is 11.3 Å². The fraction of sp³-hybridized carbons (Fsp3) is 0.0667. The second-order valence-corrected chi connectivity index (χ2v) is 4.74. The summed E-state index contributed by atoms with van der Waals surface area (Å²) in [6.07, 6.45) is 3.37. The summed E-state index contributed by atoms with van der Waals surface area (Å²) in [4.78, 5) is 26.5. The maximum absolute atomic E-state index is 11.5. The number of carbonyl (C=O) groups is 2. The largest absolute Gasteiger partial charge is 0.480 e. The van der Waals surface area contributed by atoms with Gasteiger partial charge in [-0.3, -0.25) is 19.3 Å². The second kappa shape index (κ2) is 5.28. The van der Waals surface area contributed by atoms with Crippen LogP contribution in [0.5, 0.6) is 0 Å². The van der Waals surface area contributed by atoms with Crippen molar-refractivity contribution in [2.24, 2.45) is 5.73 Å². The molecule has 0 radical (unpaired) electrons. The van der Waals surface area contributed by atoms with E-state index in [4.69, 9.17) is 10.8 Å². The van der Waals surface area contributed by atoms with Crippen molar-refractivity contribution in [1.29, 1.82) is 0 Å². The highest BCUT2D eigenvalue weighted by molar-refractivity contribution is 6.05. The molecule has 0 aliphatic heterocycles. The van der Waals surface area contributed by atoms with Crippen molar-refractivity contribution in [2.45, 2.75) is 6.54 Å². The summed E-state index contributed by atoms with van der Waals surface area (Å²) in [6, 6.07) is 9.00. The Balaban J connectivity index is 2.20. The minimum absolute atomic E-state index is 0.0574. The Hall–Kier alpha value is -3.22. The van der Waals surface area contributed by atoms with E-state index in [1.54, 1.807) is 24.5 Å². The van der Waals surface area contributed by atoms with E-state index in [1.165, 1.54) is 4.68 Å². The predicted octanol–water partition coefficient (Wildman–Crippen LogP) is 1.28. The summed E-state index contributed by atoms with van der Waals surface area (Å²) >= 11 is 0. The number of nitrogens with two attached hydrogens (primary N) is 1. The average Bonchev–Trinajstić information content (AvgIpc) is 2.86. The first-order valence-electron chi connectivity index (χ1n) is 6.49. The van der Waals surface area contributed by atoms with Gasteiger partial charge in [0.2, 0.25) is 0 Å². The number of amides is 1. The number of pyridine rings is 1. The van der Waals surface area contributed by atoms with Crippen LogP contribution >= 0.6 is 0 Å². The van der Waals surface area contributed by atoms with Gasteiger partial charge in [-0.15, -0.1) is 0 Å². The quantitative estimate of drug-likeness (QED) is 0.753. The van der Waals surface area contributed by atoms with Gasteiger partial charge in [-0.25, -0.2) is 0 Å². The van der Waals surface area contributed by atoms with Crippen LogP contribution in [0.25, 0.3) is 22.0 Å². The van der Waals surface area contributed by atoms with Crippen LogP contribution < -0.4 is 5.73 Å². The summed E-state index contributed by atoms with van der Waals surface area (Å²) in [5, 5.41) is 13.5. The molecule has 0 unspecified atom stereocenters. The smallest absolute Gasteiger partial charge is 0.325 e. The molecule has 3 N–H and O–H groups in total. The van der Waals surface area contributed by atoms with E-state index in [1.807, 2.05) is 18.2 Å².